The normalized spacial score (nSPS) is 17.0. The van der Waals surface area contributed by atoms with E-state index in [0.29, 0.717) is 36.2 Å². The van der Waals surface area contributed by atoms with Crippen molar-refractivity contribution in [1.82, 2.24) is 15.2 Å². The van der Waals surface area contributed by atoms with Crippen molar-refractivity contribution in [1.29, 1.82) is 0 Å². The van der Waals surface area contributed by atoms with Crippen molar-refractivity contribution in [3.63, 3.8) is 0 Å². The molecule has 0 unspecified atom stereocenters. The summed E-state index contributed by atoms with van der Waals surface area (Å²) >= 11 is 0. The summed E-state index contributed by atoms with van der Waals surface area (Å²) in [6, 6.07) is 2.13. The zero-order valence-corrected chi connectivity index (χ0v) is 14.8. The lowest BCUT2D eigenvalue weighted by molar-refractivity contribution is -0.125. The summed E-state index contributed by atoms with van der Waals surface area (Å²) in [7, 11) is 1.55. The largest absolute Gasteiger partial charge is 0.481 e. The van der Waals surface area contributed by atoms with Crippen LogP contribution < -0.4 is 10.1 Å². The molecule has 1 saturated carbocycles. The Balaban J connectivity index is 1.74. The minimum atomic E-state index is -0.205. The number of hydrogen-bond acceptors (Lipinski definition) is 5. The van der Waals surface area contributed by atoms with Gasteiger partial charge in [-0.2, -0.15) is 0 Å². The number of nitrogens with zero attached hydrogens (tertiary/aromatic N) is 2. The first-order chi connectivity index (χ1) is 12.1. The minimum Gasteiger partial charge on any atom is -0.481 e. The van der Waals surface area contributed by atoms with Crippen LogP contribution in [0.1, 0.15) is 54.2 Å². The summed E-state index contributed by atoms with van der Waals surface area (Å²) in [5.41, 5.74) is 2.09. The maximum atomic E-state index is 12.8. The molecule has 1 aliphatic heterocycles. The van der Waals surface area contributed by atoms with Crippen LogP contribution in [0.2, 0.25) is 0 Å². The Morgan fingerprint density at radius 1 is 1.40 bits per heavy atom. The van der Waals surface area contributed by atoms with Crippen LogP contribution >= 0.6 is 0 Å². The van der Waals surface area contributed by atoms with Gasteiger partial charge in [-0.3, -0.25) is 9.59 Å². The molecular formula is C18H25N3O4. The Hall–Kier alpha value is -2.15. The third-order valence-corrected chi connectivity index (χ3v) is 4.82. The molecule has 136 valence electrons. The minimum absolute atomic E-state index is 0.0194. The van der Waals surface area contributed by atoms with Crippen molar-refractivity contribution < 1.29 is 19.1 Å². The molecule has 1 N–H and O–H groups in total. The first kappa shape index (κ1) is 17.7. The number of carbonyl (C=O) groups is 2. The molecule has 25 heavy (non-hydrogen) atoms. The third kappa shape index (κ3) is 3.76. The standard InChI is InChI=1S/C18H25N3O4/c1-3-25-11-16(22)19-9-12-8-14-15(20-17(12)24-2)10-21(18(14)23)13-6-4-5-7-13/h8,13H,3-7,9-11H2,1-2H3,(H,19,22). The summed E-state index contributed by atoms with van der Waals surface area (Å²) in [6.45, 7) is 3.15. The van der Waals surface area contributed by atoms with Crippen LogP contribution in [0, 0.1) is 0 Å². The number of pyridine rings is 1. The molecule has 1 fully saturated rings. The summed E-state index contributed by atoms with van der Waals surface area (Å²) in [6.07, 6.45) is 4.49. The highest BCUT2D eigenvalue weighted by Crippen LogP contribution is 2.33. The molecule has 7 nitrogen and oxygen atoms in total. The van der Waals surface area contributed by atoms with E-state index in [9.17, 15) is 9.59 Å². The summed E-state index contributed by atoms with van der Waals surface area (Å²) in [5.74, 6) is 0.291. The Kier molecular flexibility index (Phi) is 5.53. The van der Waals surface area contributed by atoms with Crippen molar-refractivity contribution in [3.8, 4) is 5.88 Å². The fourth-order valence-electron chi connectivity index (χ4n) is 3.52. The van der Waals surface area contributed by atoms with E-state index >= 15 is 0 Å². The van der Waals surface area contributed by atoms with Gasteiger partial charge in [0.15, 0.2) is 0 Å². The van der Waals surface area contributed by atoms with E-state index in [1.807, 2.05) is 11.8 Å². The Morgan fingerprint density at radius 2 is 2.16 bits per heavy atom. The van der Waals surface area contributed by atoms with Gasteiger partial charge < -0.3 is 19.7 Å². The number of fused-ring (bicyclic) bond motifs is 1. The molecule has 1 aromatic heterocycles. The van der Waals surface area contributed by atoms with Crippen LogP contribution in [0.5, 0.6) is 5.88 Å². The predicted octanol–water partition coefficient (Wildman–Crippen LogP) is 1.64. The van der Waals surface area contributed by atoms with Gasteiger partial charge in [-0.25, -0.2) is 4.98 Å². The SMILES string of the molecule is CCOCC(=O)NCc1cc2c(nc1OC)CN(C1CCCC1)C2=O. The third-order valence-electron chi connectivity index (χ3n) is 4.82. The van der Waals surface area contributed by atoms with Gasteiger partial charge >= 0.3 is 0 Å². The second-order valence-corrected chi connectivity index (χ2v) is 6.44. The monoisotopic (exact) mass is 347 g/mol. The van der Waals surface area contributed by atoms with Crippen LogP contribution in [0.15, 0.2) is 6.07 Å². The maximum absolute atomic E-state index is 12.8. The molecule has 0 aromatic carbocycles. The van der Waals surface area contributed by atoms with E-state index in [0.717, 1.165) is 18.5 Å². The maximum Gasteiger partial charge on any atom is 0.256 e. The van der Waals surface area contributed by atoms with Gasteiger partial charge in [0.1, 0.15) is 6.61 Å². The van der Waals surface area contributed by atoms with Crippen LogP contribution in [-0.2, 0) is 22.6 Å². The first-order valence-electron chi connectivity index (χ1n) is 8.86. The molecule has 2 amide bonds. The van der Waals surface area contributed by atoms with Gasteiger partial charge in [0, 0.05) is 24.8 Å². The smallest absolute Gasteiger partial charge is 0.256 e. The van der Waals surface area contributed by atoms with Crippen molar-refractivity contribution in [2.45, 2.75) is 51.7 Å². The van der Waals surface area contributed by atoms with Crippen LogP contribution in [-0.4, -0.2) is 48.1 Å². The van der Waals surface area contributed by atoms with Crippen LogP contribution in [0.3, 0.4) is 0 Å². The molecule has 1 aliphatic carbocycles. The Bertz CT molecular complexity index is 656. The summed E-state index contributed by atoms with van der Waals surface area (Å²) in [4.78, 5) is 30.9. The van der Waals surface area contributed by atoms with E-state index in [1.54, 1.807) is 13.2 Å². The first-order valence-corrected chi connectivity index (χ1v) is 8.86. The van der Waals surface area contributed by atoms with Crippen molar-refractivity contribution >= 4 is 11.8 Å². The van der Waals surface area contributed by atoms with Gasteiger partial charge in [0.2, 0.25) is 11.8 Å². The van der Waals surface area contributed by atoms with Gasteiger partial charge in [-0.1, -0.05) is 12.8 Å². The molecule has 1 aromatic rings. The molecule has 0 atom stereocenters. The van der Waals surface area contributed by atoms with Crippen molar-refractivity contribution in [2.75, 3.05) is 20.3 Å². The molecule has 0 saturated heterocycles. The Morgan fingerprint density at radius 3 is 2.84 bits per heavy atom. The van der Waals surface area contributed by atoms with E-state index in [1.165, 1.54) is 12.8 Å². The Labute approximate surface area is 147 Å². The second kappa shape index (κ2) is 7.82. The fraction of sp³-hybridized carbons (Fsp3) is 0.611. The lowest BCUT2D eigenvalue weighted by Crippen LogP contribution is -2.33. The molecule has 2 aliphatic rings. The zero-order chi connectivity index (χ0) is 17.8. The average Bonchev–Trinajstić information content (AvgIpc) is 3.25. The lowest BCUT2D eigenvalue weighted by atomic mass is 10.1. The molecular weight excluding hydrogens is 322 g/mol. The molecule has 7 heteroatoms. The number of rotatable bonds is 7. The van der Waals surface area contributed by atoms with E-state index in [4.69, 9.17) is 9.47 Å². The summed E-state index contributed by atoms with van der Waals surface area (Å²) in [5, 5.41) is 2.77. The number of ether oxygens (including phenoxy) is 2. The number of carbonyl (C=O) groups excluding carboxylic acids is 2. The highest BCUT2D eigenvalue weighted by Gasteiger charge is 2.35. The molecule has 3 rings (SSSR count). The number of aromatic nitrogens is 1. The fourth-order valence-corrected chi connectivity index (χ4v) is 3.52. The molecule has 0 spiro atoms. The number of methoxy groups -OCH3 is 1. The molecule has 2 heterocycles. The van der Waals surface area contributed by atoms with E-state index in [-0.39, 0.29) is 25.0 Å². The van der Waals surface area contributed by atoms with Crippen molar-refractivity contribution in [3.05, 3.63) is 22.9 Å². The second-order valence-electron chi connectivity index (χ2n) is 6.44. The quantitative estimate of drug-likeness (QED) is 0.811. The average molecular weight is 347 g/mol. The number of nitrogens with one attached hydrogen (secondary N) is 1. The number of hydrogen-bond donors (Lipinski definition) is 1. The molecule has 0 radical (unpaired) electrons. The van der Waals surface area contributed by atoms with E-state index in [2.05, 4.69) is 10.3 Å². The van der Waals surface area contributed by atoms with Crippen LogP contribution in [0.4, 0.5) is 0 Å². The van der Waals surface area contributed by atoms with Gasteiger partial charge in [0.25, 0.3) is 5.91 Å². The summed E-state index contributed by atoms with van der Waals surface area (Å²) < 4.78 is 10.4. The predicted molar refractivity (Wildman–Crippen MR) is 91.3 cm³/mol. The highest BCUT2D eigenvalue weighted by atomic mass is 16.5. The molecule has 0 bridgehead atoms. The van der Waals surface area contributed by atoms with Gasteiger partial charge in [0.05, 0.1) is 24.9 Å². The topological polar surface area (TPSA) is 80.8 Å². The lowest BCUT2D eigenvalue weighted by Gasteiger charge is -2.22. The van der Waals surface area contributed by atoms with Crippen molar-refractivity contribution in [2.24, 2.45) is 0 Å². The van der Waals surface area contributed by atoms with Crippen LogP contribution in [0.25, 0.3) is 0 Å². The zero-order valence-electron chi connectivity index (χ0n) is 14.8. The van der Waals surface area contributed by atoms with Gasteiger partial charge in [-0.05, 0) is 25.8 Å². The highest BCUT2D eigenvalue weighted by molar-refractivity contribution is 5.98. The van der Waals surface area contributed by atoms with E-state index < -0.39 is 0 Å². The van der Waals surface area contributed by atoms with Gasteiger partial charge in [-0.15, -0.1) is 0 Å². The number of amides is 2.